The Morgan fingerprint density at radius 1 is 1.06 bits per heavy atom. The van der Waals surface area contributed by atoms with Crippen LogP contribution in [0.1, 0.15) is 35.4 Å². The molecule has 9 heteroatoms. The Balaban J connectivity index is 1.60. The molecule has 1 amide bonds. The molecule has 1 atom stereocenters. The van der Waals surface area contributed by atoms with Crippen LogP contribution in [0.15, 0.2) is 52.2 Å². The van der Waals surface area contributed by atoms with Crippen molar-refractivity contribution in [2.24, 2.45) is 0 Å². The molecule has 1 aliphatic rings. The molecule has 1 aliphatic heterocycles. The fourth-order valence-corrected chi connectivity index (χ4v) is 4.13. The van der Waals surface area contributed by atoms with E-state index in [2.05, 4.69) is 20.5 Å². The van der Waals surface area contributed by atoms with Crippen LogP contribution in [0.3, 0.4) is 0 Å². The first-order valence-electron chi connectivity index (χ1n) is 11.4. The zero-order chi connectivity index (χ0) is 24.2. The summed E-state index contributed by atoms with van der Waals surface area (Å²) < 4.78 is 5.53. The number of ether oxygens (including phenoxy) is 1. The van der Waals surface area contributed by atoms with Crippen molar-refractivity contribution in [3.63, 3.8) is 0 Å². The number of pyridine rings is 1. The zero-order valence-corrected chi connectivity index (χ0v) is 19.6. The first-order chi connectivity index (χ1) is 16.4. The molecule has 0 bridgehead atoms. The second-order valence-electron chi connectivity index (χ2n) is 8.38. The third-order valence-corrected chi connectivity index (χ3v) is 6.20. The SMILES string of the molecule is CCC(Nc1c(Nc2ccnc(C(=O)N3CCN(C)CC3)c2OC)c(=O)c1=O)c1ccccc1. The lowest BCUT2D eigenvalue weighted by Gasteiger charge is -2.32. The van der Waals surface area contributed by atoms with Crippen LogP contribution in [0.5, 0.6) is 5.75 Å². The van der Waals surface area contributed by atoms with Crippen molar-refractivity contribution in [1.29, 1.82) is 0 Å². The molecule has 0 saturated carbocycles. The Labute approximate surface area is 198 Å². The standard InChI is InChI=1S/C25H29N5O4/c1-4-17(16-8-6-5-7-9-16)27-19-20(23(32)22(19)31)28-18-10-11-26-21(24(18)34-3)25(33)30-14-12-29(2)13-15-30/h5-11,17,27H,4,12-15H2,1-3H3,(H,26,28). The minimum atomic E-state index is -0.615. The van der Waals surface area contributed by atoms with E-state index < -0.39 is 10.9 Å². The van der Waals surface area contributed by atoms with Gasteiger partial charge in [0.15, 0.2) is 11.4 Å². The number of nitrogens with zero attached hydrogens (tertiary/aromatic N) is 3. The van der Waals surface area contributed by atoms with Crippen molar-refractivity contribution in [3.05, 3.63) is 74.3 Å². The highest BCUT2D eigenvalue weighted by atomic mass is 16.5. The van der Waals surface area contributed by atoms with E-state index in [4.69, 9.17) is 4.74 Å². The summed E-state index contributed by atoms with van der Waals surface area (Å²) in [6, 6.07) is 11.2. The van der Waals surface area contributed by atoms with E-state index in [9.17, 15) is 14.4 Å². The summed E-state index contributed by atoms with van der Waals surface area (Å²) in [7, 11) is 3.47. The zero-order valence-electron chi connectivity index (χ0n) is 19.6. The maximum atomic E-state index is 13.1. The van der Waals surface area contributed by atoms with E-state index in [0.29, 0.717) is 18.8 Å². The number of benzene rings is 1. The first-order valence-corrected chi connectivity index (χ1v) is 11.4. The summed E-state index contributed by atoms with van der Waals surface area (Å²) >= 11 is 0. The number of hydrogen-bond acceptors (Lipinski definition) is 8. The van der Waals surface area contributed by atoms with Crippen LogP contribution in [0.2, 0.25) is 0 Å². The Morgan fingerprint density at radius 3 is 2.38 bits per heavy atom. The smallest absolute Gasteiger partial charge is 0.276 e. The molecule has 3 aromatic rings. The molecular formula is C25H29N5O4. The number of hydrogen-bond donors (Lipinski definition) is 2. The van der Waals surface area contributed by atoms with Crippen LogP contribution in [-0.4, -0.2) is 61.0 Å². The van der Waals surface area contributed by atoms with Gasteiger partial charge in [0.2, 0.25) is 0 Å². The Bertz CT molecular complexity index is 1230. The third-order valence-electron chi connectivity index (χ3n) is 6.20. The number of aromatic nitrogens is 1. The number of piperazine rings is 1. The number of carbonyl (C=O) groups excluding carboxylic acids is 1. The average Bonchev–Trinajstić information content (AvgIpc) is 2.88. The Morgan fingerprint density at radius 2 is 1.74 bits per heavy atom. The summed E-state index contributed by atoms with van der Waals surface area (Å²) in [5.74, 6) is 0.00703. The highest BCUT2D eigenvalue weighted by Gasteiger charge is 2.28. The van der Waals surface area contributed by atoms with Crippen LogP contribution >= 0.6 is 0 Å². The lowest BCUT2D eigenvalue weighted by molar-refractivity contribution is 0.0654. The van der Waals surface area contributed by atoms with Gasteiger partial charge in [0.25, 0.3) is 16.8 Å². The molecular weight excluding hydrogens is 434 g/mol. The van der Waals surface area contributed by atoms with Gasteiger partial charge in [0, 0.05) is 32.4 Å². The van der Waals surface area contributed by atoms with Crippen LogP contribution < -0.4 is 26.2 Å². The predicted octanol–water partition coefficient (Wildman–Crippen LogP) is 2.38. The van der Waals surface area contributed by atoms with E-state index in [1.54, 1.807) is 11.0 Å². The lowest BCUT2D eigenvalue weighted by Crippen LogP contribution is -2.47. The molecule has 4 rings (SSSR count). The monoisotopic (exact) mass is 463 g/mol. The third kappa shape index (κ3) is 4.51. The maximum Gasteiger partial charge on any atom is 0.276 e. The summed E-state index contributed by atoms with van der Waals surface area (Å²) in [4.78, 5) is 46.1. The van der Waals surface area contributed by atoms with Gasteiger partial charge in [-0.05, 0) is 25.1 Å². The molecule has 1 unspecified atom stereocenters. The molecule has 2 N–H and O–H groups in total. The number of nitrogens with one attached hydrogen (secondary N) is 2. The van der Waals surface area contributed by atoms with Gasteiger partial charge < -0.3 is 25.2 Å². The van der Waals surface area contributed by atoms with Gasteiger partial charge >= 0.3 is 0 Å². The van der Waals surface area contributed by atoms with Gasteiger partial charge in [-0.3, -0.25) is 14.4 Å². The number of amides is 1. The fraction of sp³-hybridized carbons (Fsp3) is 0.360. The van der Waals surface area contributed by atoms with Crippen LogP contribution in [0, 0.1) is 0 Å². The van der Waals surface area contributed by atoms with Crippen molar-refractivity contribution in [2.45, 2.75) is 19.4 Å². The first kappa shape index (κ1) is 23.4. The Hall–Kier alpha value is -3.72. The summed E-state index contributed by atoms with van der Waals surface area (Å²) in [5.41, 5.74) is 0.785. The van der Waals surface area contributed by atoms with Gasteiger partial charge in [-0.15, -0.1) is 0 Å². The van der Waals surface area contributed by atoms with E-state index in [1.165, 1.54) is 13.3 Å². The number of likely N-dealkylation sites (N-methyl/N-ethyl adjacent to an activating group) is 1. The molecule has 178 valence electrons. The van der Waals surface area contributed by atoms with Gasteiger partial charge in [-0.25, -0.2) is 4.98 Å². The number of carbonyl (C=O) groups is 1. The number of rotatable bonds is 8. The van der Waals surface area contributed by atoms with Crippen molar-refractivity contribution in [2.75, 3.05) is 51.0 Å². The highest BCUT2D eigenvalue weighted by Crippen LogP contribution is 2.33. The minimum absolute atomic E-state index is 0.126. The van der Waals surface area contributed by atoms with Crippen molar-refractivity contribution >= 4 is 23.0 Å². The molecule has 2 aromatic carbocycles. The molecule has 9 nitrogen and oxygen atoms in total. The van der Waals surface area contributed by atoms with Crippen LogP contribution in [0.25, 0.3) is 0 Å². The topological polar surface area (TPSA) is 104 Å². The molecule has 1 fully saturated rings. The van der Waals surface area contributed by atoms with Gasteiger partial charge in [0.05, 0.1) is 18.8 Å². The second kappa shape index (κ2) is 10.0. The number of anilines is 3. The largest absolute Gasteiger partial charge is 0.492 e. The van der Waals surface area contributed by atoms with Crippen LogP contribution in [0.4, 0.5) is 17.1 Å². The summed E-state index contributed by atoms with van der Waals surface area (Å²) in [6.07, 6.45) is 2.22. The maximum absolute atomic E-state index is 13.1. The van der Waals surface area contributed by atoms with Gasteiger partial charge in [0.1, 0.15) is 11.4 Å². The average molecular weight is 464 g/mol. The molecule has 0 aliphatic carbocycles. The van der Waals surface area contributed by atoms with E-state index in [0.717, 1.165) is 25.1 Å². The molecule has 0 radical (unpaired) electrons. The van der Waals surface area contributed by atoms with Gasteiger partial charge in [-0.1, -0.05) is 37.3 Å². The van der Waals surface area contributed by atoms with Crippen molar-refractivity contribution < 1.29 is 9.53 Å². The number of methoxy groups -OCH3 is 1. The molecule has 34 heavy (non-hydrogen) atoms. The Kier molecular flexibility index (Phi) is 6.93. The van der Waals surface area contributed by atoms with Crippen molar-refractivity contribution in [3.8, 4) is 5.75 Å². The predicted molar refractivity (Wildman–Crippen MR) is 132 cm³/mol. The summed E-state index contributed by atoms with van der Waals surface area (Å²) in [5, 5.41) is 6.23. The second-order valence-corrected chi connectivity index (χ2v) is 8.38. The molecule has 1 saturated heterocycles. The van der Waals surface area contributed by atoms with Crippen molar-refractivity contribution in [1.82, 2.24) is 14.8 Å². The molecule has 2 heterocycles. The lowest BCUT2D eigenvalue weighted by atomic mass is 10.0. The fourth-order valence-electron chi connectivity index (χ4n) is 4.13. The van der Waals surface area contributed by atoms with Crippen LogP contribution in [-0.2, 0) is 0 Å². The molecule has 1 aromatic heterocycles. The quantitative estimate of drug-likeness (QED) is 0.491. The normalized spacial score (nSPS) is 15.2. The highest BCUT2D eigenvalue weighted by molar-refractivity contribution is 5.97. The van der Waals surface area contributed by atoms with E-state index in [1.807, 2.05) is 44.3 Å². The molecule has 0 spiro atoms. The van der Waals surface area contributed by atoms with E-state index in [-0.39, 0.29) is 34.8 Å². The van der Waals surface area contributed by atoms with Gasteiger partial charge in [-0.2, -0.15) is 0 Å². The summed E-state index contributed by atoms with van der Waals surface area (Å²) in [6.45, 7) is 4.77. The van der Waals surface area contributed by atoms with E-state index >= 15 is 0 Å². The minimum Gasteiger partial charge on any atom is -0.492 e.